The second-order valence-corrected chi connectivity index (χ2v) is 5.04. The number of carbonyl (C=O) groups excluding carboxylic acids is 1. The Bertz CT molecular complexity index is 625. The lowest BCUT2D eigenvalue weighted by atomic mass is 10.1. The summed E-state index contributed by atoms with van der Waals surface area (Å²) < 4.78 is 13.6. The molecule has 0 saturated carbocycles. The number of nitrogens with zero attached hydrogens (tertiary/aromatic N) is 1. The molecular formula is C17H18FNO2. The Labute approximate surface area is 123 Å². The Morgan fingerprint density at radius 1 is 1.19 bits per heavy atom. The van der Waals surface area contributed by atoms with E-state index in [0.717, 1.165) is 5.56 Å². The molecule has 1 atom stereocenters. The Balaban J connectivity index is 2.08. The number of hydrogen-bond donors (Lipinski definition) is 1. The van der Waals surface area contributed by atoms with Crippen LogP contribution in [0.4, 0.5) is 4.39 Å². The average molecular weight is 287 g/mol. The van der Waals surface area contributed by atoms with Gasteiger partial charge in [0.1, 0.15) is 11.6 Å². The summed E-state index contributed by atoms with van der Waals surface area (Å²) >= 11 is 0. The van der Waals surface area contributed by atoms with Crippen LogP contribution in [0.3, 0.4) is 0 Å². The van der Waals surface area contributed by atoms with Gasteiger partial charge in [-0.25, -0.2) is 4.39 Å². The second kappa shape index (κ2) is 6.39. The fourth-order valence-corrected chi connectivity index (χ4v) is 2.12. The highest BCUT2D eigenvalue weighted by Crippen LogP contribution is 2.22. The van der Waals surface area contributed by atoms with Crippen LogP contribution in [0.25, 0.3) is 0 Å². The molecule has 0 aliphatic carbocycles. The summed E-state index contributed by atoms with van der Waals surface area (Å²) in [5.74, 6) is -0.330. The number of amides is 1. The van der Waals surface area contributed by atoms with Crippen molar-refractivity contribution in [2.45, 2.75) is 19.4 Å². The maximum atomic E-state index is 13.6. The summed E-state index contributed by atoms with van der Waals surface area (Å²) in [6, 6.07) is 12.9. The minimum absolute atomic E-state index is 0.0333. The molecule has 1 N–H and O–H groups in total. The van der Waals surface area contributed by atoms with Gasteiger partial charge >= 0.3 is 0 Å². The Kier molecular flexibility index (Phi) is 4.58. The van der Waals surface area contributed by atoms with Gasteiger partial charge < -0.3 is 10.0 Å². The van der Waals surface area contributed by atoms with Crippen LogP contribution in [0.2, 0.25) is 0 Å². The van der Waals surface area contributed by atoms with E-state index in [0.29, 0.717) is 5.56 Å². The third kappa shape index (κ3) is 3.60. The van der Waals surface area contributed by atoms with Crippen LogP contribution in [0, 0.1) is 5.82 Å². The molecule has 3 nitrogen and oxygen atoms in total. The summed E-state index contributed by atoms with van der Waals surface area (Å²) in [4.78, 5) is 13.8. The van der Waals surface area contributed by atoms with Crippen molar-refractivity contribution in [3.63, 3.8) is 0 Å². The molecule has 0 fully saturated rings. The third-order valence-electron chi connectivity index (χ3n) is 3.65. The minimum atomic E-state index is -0.364. The average Bonchev–Trinajstić information content (AvgIpc) is 2.49. The van der Waals surface area contributed by atoms with Crippen molar-refractivity contribution < 1.29 is 14.3 Å². The van der Waals surface area contributed by atoms with Gasteiger partial charge in [-0.3, -0.25) is 4.79 Å². The maximum Gasteiger partial charge on any atom is 0.227 e. The molecule has 2 aromatic carbocycles. The van der Waals surface area contributed by atoms with E-state index in [9.17, 15) is 14.3 Å². The quantitative estimate of drug-likeness (QED) is 0.937. The standard InChI is InChI=1S/C17H18FNO2/c1-12(13-7-9-15(20)10-8-13)19(2)17(21)11-14-5-3-4-6-16(14)18/h3-10,12,20H,11H2,1-2H3. The van der Waals surface area contributed by atoms with Gasteiger partial charge in [0.15, 0.2) is 0 Å². The van der Waals surface area contributed by atoms with Gasteiger partial charge in [-0.15, -0.1) is 0 Å². The molecule has 110 valence electrons. The molecule has 1 unspecified atom stereocenters. The number of phenolic OH excluding ortho intramolecular Hbond substituents is 1. The third-order valence-corrected chi connectivity index (χ3v) is 3.65. The molecule has 0 aromatic heterocycles. The van der Waals surface area contributed by atoms with Crippen LogP contribution < -0.4 is 0 Å². The van der Waals surface area contributed by atoms with Crippen molar-refractivity contribution >= 4 is 5.91 Å². The number of rotatable bonds is 4. The molecule has 0 saturated heterocycles. The van der Waals surface area contributed by atoms with Crippen LogP contribution in [0.1, 0.15) is 24.1 Å². The first-order chi connectivity index (χ1) is 9.99. The van der Waals surface area contributed by atoms with Crippen molar-refractivity contribution in [3.8, 4) is 5.75 Å². The van der Waals surface area contributed by atoms with Crippen molar-refractivity contribution in [3.05, 3.63) is 65.5 Å². The molecule has 4 heteroatoms. The molecule has 0 radical (unpaired) electrons. The molecule has 21 heavy (non-hydrogen) atoms. The van der Waals surface area contributed by atoms with E-state index in [1.54, 1.807) is 54.4 Å². The number of carbonyl (C=O) groups is 1. The number of likely N-dealkylation sites (N-methyl/N-ethyl adjacent to an activating group) is 1. The lowest BCUT2D eigenvalue weighted by Gasteiger charge is -2.25. The highest BCUT2D eigenvalue weighted by molar-refractivity contribution is 5.79. The van der Waals surface area contributed by atoms with E-state index in [-0.39, 0.29) is 29.9 Å². The number of aromatic hydroxyl groups is 1. The number of phenols is 1. The fourth-order valence-electron chi connectivity index (χ4n) is 2.12. The lowest BCUT2D eigenvalue weighted by molar-refractivity contribution is -0.131. The van der Waals surface area contributed by atoms with Crippen molar-refractivity contribution in [1.82, 2.24) is 4.90 Å². The molecule has 2 aromatic rings. The predicted molar refractivity (Wildman–Crippen MR) is 79.4 cm³/mol. The molecule has 0 aliphatic heterocycles. The number of benzene rings is 2. The van der Waals surface area contributed by atoms with Gasteiger partial charge in [0.05, 0.1) is 12.5 Å². The number of halogens is 1. The molecular weight excluding hydrogens is 269 g/mol. The Morgan fingerprint density at radius 3 is 2.43 bits per heavy atom. The van der Waals surface area contributed by atoms with Crippen molar-refractivity contribution in [1.29, 1.82) is 0 Å². The van der Waals surface area contributed by atoms with Crippen LogP contribution in [-0.4, -0.2) is 23.0 Å². The highest BCUT2D eigenvalue weighted by Gasteiger charge is 2.18. The van der Waals surface area contributed by atoms with Gasteiger partial charge in [-0.2, -0.15) is 0 Å². The smallest absolute Gasteiger partial charge is 0.227 e. The zero-order valence-corrected chi connectivity index (χ0v) is 12.1. The Hall–Kier alpha value is -2.36. The fraction of sp³-hybridized carbons (Fsp3) is 0.235. The van der Waals surface area contributed by atoms with Gasteiger partial charge in [0, 0.05) is 7.05 Å². The van der Waals surface area contributed by atoms with Gasteiger partial charge in [-0.05, 0) is 36.2 Å². The minimum Gasteiger partial charge on any atom is -0.508 e. The molecule has 0 heterocycles. The Morgan fingerprint density at radius 2 is 1.81 bits per heavy atom. The van der Waals surface area contributed by atoms with Gasteiger partial charge in [0.25, 0.3) is 0 Å². The van der Waals surface area contributed by atoms with Gasteiger partial charge in [-0.1, -0.05) is 30.3 Å². The van der Waals surface area contributed by atoms with E-state index >= 15 is 0 Å². The van der Waals surface area contributed by atoms with Gasteiger partial charge in [0.2, 0.25) is 5.91 Å². The zero-order valence-electron chi connectivity index (χ0n) is 12.1. The first-order valence-electron chi connectivity index (χ1n) is 6.77. The van der Waals surface area contributed by atoms with Crippen LogP contribution in [0.5, 0.6) is 5.75 Å². The molecule has 0 spiro atoms. The SMILES string of the molecule is CC(c1ccc(O)cc1)N(C)C(=O)Cc1ccccc1F. The second-order valence-electron chi connectivity index (χ2n) is 5.04. The molecule has 0 aliphatic rings. The van der Waals surface area contributed by atoms with E-state index in [2.05, 4.69) is 0 Å². The van der Waals surface area contributed by atoms with Crippen LogP contribution in [-0.2, 0) is 11.2 Å². The normalized spacial score (nSPS) is 12.0. The van der Waals surface area contributed by atoms with E-state index in [4.69, 9.17) is 0 Å². The first-order valence-corrected chi connectivity index (χ1v) is 6.77. The van der Waals surface area contributed by atoms with E-state index in [1.165, 1.54) is 6.07 Å². The zero-order chi connectivity index (χ0) is 15.4. The summed E-state index contributed by atoms with van der Waals surface area (Å²) in [6.07, 6.45) is 0.0333. The van der Waals surface area contributed by atoms with E-state index in [1.807, 2.05) is 6.92 Å². The molecule has 1 amide bonds. The van der Waals surface area contributed by atoms with Crippen LogP contribution >= 0.6 is 0 Å². The highest BCUT2D eigenvalue weighted by atomic mass is 19.1. The van der Waals surface area contributed by atoms with Crippen LogP contribution in [0.15, 0.2) is 48.5 Å². The summed E-state index contributed by atoms with van der Waals surface area (Å²) in [7, 11) is 1.70. The number of hydrogen-bond acceptors (Lipinski definition) is 2. The summed E-state index contributed by atoms with van der Waals surface area (Å²) in [5.41, 5.74) is 1.31. The summed E-state index contributed by atoms with van der Waals surface area (Å²) in [5, 5.41) is 9.29. The predicted octanol–water partition coefficient (Wildman–Crippen LogP) is 3.29. The summed E-state index contributed by atoms with van der Waals surface area (Å²) in [6.45, 7) is 1.89. The van der Waals surface area contributed by atoms with Crippen molar-refractivity contribution in [2.75, 3.05) is 7.05 Å². The van der Waals surface area contributed by atoms with Crippen molar-refractivity contribution in [2.24, 2.45) is 0 Å². The topological polar surface area (TPSA) is 40.5 Å². The molecule has 2 rings (SSSR count). The molecule has 0 bridgehead atoms. The monoisotopic (exact) mass is 287 g/mol. The maximum absolute atomic E-state index is 13.6. The largest absolute Gasteiger partial charge is 0.508 e. The lowest BCUT2D eigenvalue weighted by Crippen LogP contribution is -2.31. The first kappa shape index (κ1) is 15.0. The van der Waals surface area contributed by atoms with E-state index < -0.39 is 0 Å².